The van der Waals surface area contributed by atoms with Crippen molar-refractivity contribution in [3.63, 3.8) is 0 Å². The Labute approximate surface area is 131 Å². The molecule has 6 heteroatoms. The molecule has 2 atom stereocenters. The zero-order chi connectivity index (χ0) is 15.4. The number of aliphatic hydroxyl groups excluding tert-OH is 1. The van der Waals surface area contributed by atoms with E-state index < -0.39 is 0 Å². The molecule has 0 aromatic carbocycles. The number of nitrogens with one attached hydrogen (secondary N) is 2. The first-order chi connectivity index (χ1) is 10.1. The van der Waals surface area contributed by atoms with Gasteiger partial charge in [-0.2, -0.15) is 11.8 Å². The zero-order valence-electron chi connectivity index (χ0n) is 13.3. The van der Waals surface area contributed by atoms with Crippen LogP contribution in [0.5, 0.6) is 0 Å². The maximum atomic E-state index is 9.43. The number of aromatic nitrogens is 2. The van der Waals surface area contributed by atoms with Crippen molar-refractivity contribution in [2.75, 3.05) is 30.0 Å². The number of hydrogen-bond acceptors (Lipinski definition) is 6. The van der Waals surface area contributed by atoms with Gasteiger partial charge in [-0.1, -0.05) is 0 Å². The highest BCUT2D eigenvalue weighted by Gasteiger charge is 2.28. The Balaban J connectivity index is 2.24. The first kappa shape index (κ1) is 16.4. The van der Waals surface area contributed by atoms with E-state index in [9.17, 15) is 5.11 Å². The van der Waals surface area contributed by atoms with Gasteiger partial charge in [-0.15, -0.1) is 0 Å². The summed E-state index contributed by atoms with van der Waals surface area (Å²) in [4.78, 5) is 9.38. The van der Waals surface area contributed by atoms with E-state index in [1.165, 1.54) is 12.8 Å². The Hall–Kier alpha value is -1.01. The predicted octanol–water partition coefficient (Wildman–Crippen LogP) is 2.62. The summed E-state index contributed by atoms with van der Waals surface area (Å²) in [5.41, 5.74) is 1.05. The number of nitrogens with zero attached hydrogens (tertiary/aromatic N) is 2. The highest BCUT2D eigenvalue weighted by atomic mass is 32.2. The van der Waals surface area contributed by atoms with Gasteiger partial charge in [-0.3, -0.25) is 0 Å². The van der Waals surface area contributed by atoms with Gasteiger partial charge in [0.15, 0.2) is 0 Å². The molecule has 1 aromatic heterocycles. The number of hydrogen-bond donors (Lipinski definition) is 3. The summed E-state index contributed by atoms with van der Waals surface area (Å²) >= 11 is 1.67. The second-order valence-electron chi connectivity index (χ2n) is 5.60. The summed E-state index contributed by atoms with van der Waals surface area (Å²) in [5.74, 6) is 3.28. The Bertz CT molecular complexity index is 475. The summed E-state index contributed by atoms with van der Waals surface area (Å²) in [6, 6.07) is 0.153. The van der Waals surface area contributed by atoms with E-state index in [1.54, 1.807) is 11.8 Å². The van der Waals surface area contributed by atoms with Crippen molar-refractivity contribution in [2.45, 2.75) is 50.8 Å². The number of anilines is 2. The van der Waals surface area contributed by atoms with Crippen molar-refractivity contribution >= 4 is 23.4 Å². The molecule has 1 aliphatic carbocycles. The van der Waals surface area contributed by atoms with Crippen molar-refractivity contribution in [2.24, 2.45) is 0 Å². The third-order valence-corrected chi connectivity index (χ3v) is 5.02. The molecule has 2 unspecified atom stereocenters. The maximum absolute atomic E-state index is 9.43. The third-order valence-electron chi connectivity index (χ3n) is 3.85. The van der Waals surface area contributed by atoms with Crippen LogP contribution in [-0.2, 0) is 0 Å². The SMILES string of the molecule is CCNc1nc(C2CC2)nc(NC(C)C(CO)SC)c1C. The fraction of sp³-hybridized carbons (Fsp3) is 0.733. The van der Waals surface area contributed by atoms with E-state index in [4.69, 9.17) is 4.98 Å². The van der Waals surface area contributed by atoms with Crippen LogP contribution in [0.15, 0.2) is 0 Å². The minimum atomic E-state index is 0.153. The Morgan fingerprint density at radius 3 is 2.52 bits per heavy atom. The molecule has 0 amide bonds. The lowest BCUT2D eigenvalue weighted by atomic mass is 10.2. The molecule has 1 aliphatic rings. The average molecular weight is 310 g/mol. The second kappa shape index (κ2) is 7.31. The topological polar surface area (TPSA) is 70.1 Å². The van der Waals surface area contributed by atoms with Crippen LogP contribution in [0.1, 0.15) is 44.0 Å². The van der Waals surface area contributed by atoms with E-state index >= 15 is 0 Å². The lowest BCUT2D eigenvalue weighted by molar-refractivity contribution is 0.288. The molecule has 1 heterocycles. The van der Waals surface area contributed by atoms with Gasteiger partial charge in [0.2, 0.25) is 0 Å². The third kappa shape index (κ3) is 4.01. The van der Waals surface area contributed by atoms with Gasteiger partial charge < -0.3 is 15.7 Å². The molecule has 0 saturated heterocycles. The molecule has 1 saturated carbocycles. The van der Waals surface area contributed by atoms with Gasteiger partial charge in [0.05, 0.1) is 6.61 Å². The molecule has 1 aromatic rings. The second-order valence-corrected chi connectivity index (χ2v) is 6.68. The van der Waals surface area contributed by atoms with Gasteiger partial charge >= 0.3 is 0 Å². The Kier molecular flexibility index (Phi) is 5.70. The zero-order valence-corrected chi connectivity index (χ0v) is 14.1. The molecule has 0 bridgehead atoms. The fourth-order valence-corrected chi connectivity index (χ4v) is 2.91. The maximum Gasteiger partial charge on any atom is 0.136 e. The molecule has 2 rings (SSSR count). The van der Waals surface area contributed by atoms with E-state index in [1.807, 2.05) is 13.2 Å². The molecule has 21 heavy (non-hydrogen) atoms. The summed E-state index contributed by atoms with van der Waals surface area (Å²) in [7, 11) is 0. The van der Waals surface area contributed by atoms with Gasteiger partial charge in [-0.05, 0) is 39.9 Å². The van der Waals surface area contributed by atoms with Gasteiger partial charge in [-0.25, -0.2) is 9.97 Å². The summed E-state index contributed by atoms with van der Waals surface area (Å²) in [6.07, 6.45) is 4.40. The summed E-state index contributed by atoms with van der Waals surface area (Å²) in [5, 5.41) is 16.4. The van der Waals surface area contributed by atoms with Crippen LogP contribution in [0.2, 0.25) is 0 Å². The molecule has 5 nitrogen and oxygen atoms in total. The van der Waals surface area contributed by atoms with Crippen LogP contribution in [0, 0.1) is 6.92 Å². The van der Waals surface area contributed by atoms with Gasteiger partial charge in [0.1, 0.15) is 17.5 Å². The highest BCUT2D eigenvalue weighted by Crippen LogP contribution is 2.39. The van der Waals surface area contributed by atoms with Crippen molar-refractivity contribution in [1.29, 1.82) is 0 Å². The van der Waals surface area contributed by atoms with E-state index in [2.05, 4.69) is 29.5 Å². The number of rotatable bonds is 8. The fourth-order valence-electron chi connectivity index (χ4n) is 2.28. The van der Waals surface area contributed by atoms with Crippen molar-refractivity contribution in [3.05, 3.63) is 11.4 Å². The lowest BCUT2D eigenvalue weighted by Gasteiger charge is -2.23. The van der Waals surface area contributed by atoms with Crippen LogP contribution in [0.3, 0.4) is 0 Å². The van der Waals surface area contributed by atoms with Crippen molar-refractivity contribution in [3.8, 4) is 0 Å². The molecular weight excluding hydrogens is 284 g/mol. The molecule has 3 N–H and O–H groups in total. The monoisotopic (exact) mass is 310 g/mol. The van der Waals surface area contributed by atoms with Crippen molar-refractivity contribution in [1.82, 2.24) is 9.97 Å². The first-order valence-corrected chi connectivity index (χ1v) is 8.92. The summed E-state index contributed by atoms with van der Waals surface area (Å²) < 4.78 is 0. The van der Waals surface area contributed by atoms with Gasteiger partial charge in [0, 0.05) is 29.3 Å². The smallest absolute Gasteiger partial charge is 0.136 e. The molecule has 118 valence electrons. The van der Waals surface area contributed by atoms with Crippen LogP contribution in [0.25, 0.3) is 0 Å². The molecule has 0 spiro atoms. The van der Waals surface area contributed by atoms with Crippen molar-refractivity contribution < 1.29 is 5.11 Å². The van der Waals surface area contributed by atoms with E-state index in [0.717, 1.165) is 29.6 Å². The Morgan fingerprint density at radius 2 is 2.00 bits per heavy atom. The van der Waals surface area contributed by atoms with Gasteiger partial charge in [0.25, 0.3) is 0 Å². The Morgan fingerprint density at radius 1 is 1.33 bits per heavy atom. The highest BCUT2D eigenvalue weighted by molar-refractivity contribution is 7.99. The van der Waals surface area contributed by atoms with Crippen LogP contribution in [0.4, 0.5) is 11.6 Å². The quantitative estimate of drug-likeness (QED) is 0.686. The minimum Gasteiger partial charge on any atom is -0.395 e. The molecular formula is C15H26N4OS. The van der Waals surface area contributed by atoms with Crippen LogP contribution >= 0.6 is 11.8 Å². The first-order valence-electron chi connectivity index (χ1n) is 7.63. The molecule has 0 aliphatic heterocycles. The number of aliphatic hydroxyl groups is 1. The van der Waals surface area contributed by atoms with E-state index in [0.29, 0.717) is 5.92 Å². The van der Waals surface area contributed by atoms with E-state index in [-0.39, 0.29) is 17.9 Å². The largest absolute Gasteiger partial charge is 0.395 e. The lowest BCUT2D eigenvalue weighted by Crippen LogP contribution is -2.32. The molecule has 0 radical (unpaired) electrons. The van der Waals surface area contributed by atoms with Crippen LogP contribution in [-0.4, -0.2) is 45.8 Å². The summed E-state index contributed by atoms with van der Waals surface area (Å²) in [6.45, 7) is 7.21. The standard InChI is InChI=1S/C15H26N4OS/c1-5-16-13-9(2)14(17-10(3)12(8-20)21-4)19-15(18-13)11-6-7-11/h10-12,20H,5-8H2,1-4H3,(H2,16,17,18,19). The predicted molar refractivity (Wildman–Crippen MR) is 90.4 cm³/mol. The number of thioether (sulfide) groups is 1. The average Bonchev–Trinajstić information content (AvgIpc) is 3.29. The van der Waals surface area contributed by atoms with Crippen LogP contribution < -0.4 is 10.6 Å². The minimum absolute atomic E-state index is 0.153. The molecule has 1 fully saturated rings. The normalized spacial score (nSPS) is 17.4.